The van der Waals surface area contributed by atoms with Crippen molar-refractivity contribution in [2.24, 2.45) is 0 Å². The quantitative estimate of drug-likeness (QED) is 0.739. The van der Waals surface area contributed by atoms with Crippen LogP contribution < -0.4 is 5.32 Å². The second-order valence-electron chi connectivity index (χ2n) is 6.78. The van der Waals surface area contributed by atoms with E-state index < -0.39 is 0 Å². The van der Waals surface area contributed by atoms with Gasteiger partial charge in [0.25, 0.3) is 11.6 Å². The van der Waals surface area contributed by atoms with Gasteiger partial charge >= 0.3 is 0 Å². The highest BCUT2D eigenvalue weighted by atomic mass is 16.5. The molecule has 0 aliphatic carbocycles. The average molecular weight is 352 g/mol. The van der Waals surface area contributed by atoms with E-state index in [0.29, 0.717) is 28.9 Å². The Morgan fingerprint density at radius 1 is 1.23 bits per heavy atom. The van der Waals surface area contributed by atoms with Gasteiger partial charge in [-0.25, -0.2) is 4.98 Å². The molecule has 3 aromatic rings. The van der Waals surface area contributed by atoms with Crippen LogP contribution in [0.3, 0.4) is 0 Å². The van der Waals surface area contributed by atoms with E-state index in [1.165, 1.54) is 5.56 Å². The predicted molar refractivity (Wildman–Crippen MR) is 101 cm³/mol. The maximum atomic E-state index is 12.8. The molecule has 1 amide bonds. The first kappa shape index (κ1) is 18.1. The third-order valence-electron chi connectivity index (χ3n) is 4.53. The number of hydrogen-bond acceptors (Lipinski definition) is 5. The molecule has 0 saturated carbocycles. The number of aromatic nitrogens is 2. The molecule has 3 rings (SSSR count). The third-order valence-corrected chi connectivity index (χ3v) is 4.53. The van der Waals surface area contributed by atoms with Crippen molar-refractivity contribution in [1.29, 1.82) is 0 Å². The topological polar surface area (TPSA) is 71.3 Å². The van der Waals surface area contributed by atoms with E-state index in [2.05, 4.69) is 32.5 Å². The average Bonchev–Trinajstić information content (AvgIpc) is 2.99. The summed E-state index contributed by atoms with van der Waals surface area (Å²) in [4.78, 5) is 19.2. The van der Waals surface area contributed by atoms with E-state index in [9.17, 15) is 4.79 Å². The van der Waals surface area contributed by atoms with Gasteiger partial charge in [0.05, 0.1) is 16.6 Å². The van der Waals surface area contributed by atoms with Crippen LogP contribution in [0.5, 0.6) is 0 Å². The first-order valence-corrected chi connectivity index (χ1v) is 8.68. The molecule has 0 bridgehead atoms. The molecule has 1 atom stereocenters. The van der Waals surface area contributed by atoms with E-state index in [1.807, 2.05) is 46.1 Å². The van der Waals surface area contributed by atoms with Crippen molar-refractivity contribution >= 4 is 17.0 Å². The molecular formula is C20H24N4O2. The summed E-state index contributed by atoms with van der Waals surface area (Å²) in [6, 6.07) is 12.3. The molecule has 2 heterocycles. The maximum absolute atomic E-state index is 12.8. The zero-order valence-electron chi connectivity index (χ0n) is 15.6. The number of nitrogens with zero attached hydrogens (tertiary/aromatic N) is 3. The van der Waals surface area contributed by atoms with E-state index >= 15 is 0 Å². The Morgan fingerprint density at radius 3 is 2.65 bits per heavy atom. The van der Waals surface area contributed by atoms with Crippen LogP contribution in [0.15, 0.2) is 40.9 Å². The number of nitrogens with one attached hydrogen (secondary N) is 1. The fourth-order valence-corrected chi connectivity index (χ4v) is 3.03. The van der Waals surface area contributed by atoms with Gasteiger partial charge in [-0.3, -0.25) is 4.79 Å². The van der Waals surface area contributed by atoms with E-state index in [0.717, 1.165) is 12.1 Å². The zero-order chi connectivity index (χ0) is 18.7. The van der Waals surface area contributed by atoms with E-state index in [1.54, 1.807) is 6.07 Å². The minimum absolute atomic E-state index is 0.133. The molecule has 0 aliphatic rings. The molecule has 0 saturated heterocycles. The third kappa shape index (κ3) is 3.91. The molecule has 6 heteroatoms. The van der Waals surface area contributed by atoms with Gasteiger partial charge in [0.15, 0.2) is 0 Å². The normalized spacial score (nSPS) is 12.5. The lowest BCUT2D eigenvalue weighted by Crippen LogP contribution is -2.41. The first-order valence-electron chi connectivity index (χ1n) is 8.68. The van der Waals surface area contributed by atoms with E-state index in [-0.39, 0.29) is 11.9 Å². The van der Waals surface area contributed by atoms with Crippen molar-refractivity contribution in [3.05, 3.63) is 58.9 Å². The first-order chi connectivity index (χ1) is 12.5. The van der Waals surface area contributed by atoms with Gasteiger partial charge in [0.1, 0.15) is 0 Å². The fraction of sp³-hybridized carbons (Fsp3) is 0.350. The molecule has 1 N–H and O–H groups in total. The van der Waals surface area contributed by atoms with Gasteiger partial charge in [-0.15, -0.1) is 0 Å². The number of benzene rings is 1. The Kier molecular flexibility index (Phi) is 5.32. The van der Waals surface area contributed by atoms with Crippen LogP contribution in [0.1, 0.15) is 27.3 Å². The van der Waals surface area contributed by atoms with Crippen LogP contribution in [0.4, 0.5) is 0 Å². The zero-order valence-corrected chi connectivity index (χ0v) is 15.6. The molecule has 6 nitrogen and oxygen atoms in total. The summed E-state index contributed by atoms with van der Waals surface area (Å²) in [7, 11) is 4.05. The van der Waals surface area contributed by atoms with Gasteiger partial charge in [0.2, 0.25) is 0 Å². The highest BCUT2D eigenvalue weighted by molar-refractivity contribution is 6.06. The number of likely N-dealkylation sites (N-methyl/N-ethyl adjacent to an activating group) is 1. The summed E-state index contributed by atoms with van der Waals surface area (Å²) >= 11 is 0. The number of hydrogen-bond donors (Lipinski definition) is 1. The smallest absolute Gasteiger partial charge is 0.258 e. The number of rotatable bonds is 6. The second kappa shape index (κ2) is 7.66. The number of aryl methyl sites for hydroxylation is 2. The molecule has 0 radical (unpaired) electrons. The van der Waals surface area contributed by atoms with Gasteiger partial charge in [-0.05, 0) is 46.0 Å². The number of pyridine rings is 1. The highest BCUT2D eigenvalue weighted by Crippen LogP contribution is 2.21. The van der Waals surface area contributed by atoms with Crippen LogP contribution in [-0.4, -0.2) is 47.6 Å². The van der Waals surface area contributed by atoms with Crippen LogP contribution in [-0.2, 0) is 6.42 Å². The highest BCUT2D eigenvalue weighted by Gasteiger charge is 2.19. The molecule has 2 aromatic heterocycles. The van der Waals surface area contributed by atoms with Gasteiger partial charge in [-0.2, -0.15) is 0 Å². The Morgan fingerprint density at radius 2 is 1.96 bits per heavy atom. The Bertz CT molecular complexity index is 903. The van der Waals surface area contributed by atoms with Gasteiger partial charge < -0.3 is 14.7 Å². The molecule has 0 unspecified atom stereocenters. The van der Waals surface area contributed by atoms with Crippen molar-refractivity contribution in [3.63, 3.8) is 0 Å². The van der Waals surface area contributed by atoms with Crippen LogP contribution in [0.25, 0.3) is 11.1 Å². The maximum Gasteiger partial charge on any atom is 0.258 e. The Balaban J connectivity index is 1.76. The van der Waals surface area contributed by atoms with Gasteiger partial charge in [-0.1, -0.05) is 35.5 Å². The summed E-state index contributed by atoms with van der Waals surface area (Å²) < 4.78 is 5.21. The number of carbonyl (C=O) groups excluding carboxylic acids is 1. The summed E-state index contributed by atoms with van der Waals surface area (Å²) in [5, 5.41) is 7.67. The van der Waals surface area contributed by atoms with Crippen LogP contribution in [0.2, 0.25) is 0 Å². The Labute approximate surface area is 153 Å². The molecule has 1 aromatic carbocycles. The summed E-state index contributed by atoms with van der Waals surface area (Å²) in [6.07, 6.45) is 0.866. The SMILES string of the molecule is Cc1cc(C(=O)NC[C@@H](Cc2ccccc2)N(C)C)c2c(C)noc2n1. The number of amides is 1. The monoisotopic (exact) mass is 352 g/mol. The van der Waals surface area contributed by atoms with Crippen molar-refractivity contribution in [2.45, 2.75) is 26.3 Å². The number of fused-ring (bicyclic) bond motifs is 1. The number of carbonyl (C=O) groups is 1. The molecule has 0 aliphatic heterocycles. The molecular weight excluding hydrogens is 328 g/mol. The predicted octanol–water partition coefficient (Wildman–Crippen LogP) is 2.74. The van der Waals surface area contributed by atoms with Crippen LogP contribution in [0, 0.1) is 13.8 Å². The van der Waals surface area contributed by atoms with Crippen molar-refractivity contribution in [3.8, 4) is 0 Å². The van der Waals surface area contributed by atoms with Crippen LogP contribution >= 0.6 is 0 Å². The summed E-state index contributed by atoms with van der Waals surface area (Å²) in [5.41, 5.74) is 3.61. The lowest BCUT2D eigenvalue weighted by atomic mass is 10.0. The fourth-order valence-electron chi connectivity index (χ4n) is 3.03. The van der Waals surface area contributed by atoms with Crippen molar-refractivity contribution < 1.29 is 9.32 Å². The molecule has 0 fully saturated rings. The molecule has 136 valence electrons. The Hall–Kier alpha value is -2.73. The second-order valence-corrected chi connectivity index (χ2v) is 6.78. The lowest BCUT2D eigenvalue weighted by Gasteiger charge is -2.25. The van der Waals surface area contributed by atoms with E-state index in [4.69, 9.17) is 4.52 Å². The van der Waals surface area contributed by atoms with Crippen molar-refractivity contribution in [2.75, 3.05) is 20.6 Å². The van der Waals surface area contributed by atoms with Crippen molar-refractivity contribution in [1.82, 2.24) is 20.4 Å². The standard InChI is InChI=1S/C20H24N4O2/c1-13-10-17(18-14(2)23-26-20(18)22-13)19(25)21-12-16(24(3)4)11-15-8-6-5-7-9-15/h5-10,16H,11-12H2,1-4H3,(H,21,25)/t16-/m1/s1. The minimum Gasteiger partial charge on any atom is -0.350 e. The lowest BCUT2D eigenvalue weighted by molar-refractivity contribution is 0.0943. The summed E-state index contributed by atoms with van der Waals surface area (Å²) in [6.45, 7) is 4.21. The largest absolute Gasteiger partial charge is 0.350 e. The van der Waals surface area contributed by atoms with Gasteiger partial charge in [0, 0.05) is 18.3 Å². The molecule has 0 spiro atoms. The molecule has 26 heavy (non-hydrogen) atoms. The minimum atomic E-state index is -0.133. The summed E-state index contributed by atoms with van der Waals surface area (Å²) in [5.74, 6) is -0.133.